The maximum absolute atomic E-state index is 4.81. The molecular weight excluding hydrogens is 370 g/mol. The minimum atomic E-state index is 0.632. The third-order valence-electron chi connectivity index (χ3n) is 5.44. The molecule has 3 aromatic heterocycles. The molecule has 8 heteroatoms. The average molecular weight is 394 g/mol. The molecule has 28 heavy (non-hydrogen) atoms. The Balaban J connectivity index is 1.37. The Morgan fingerprint density at radius 1 is 1.00 bits per heavy atom. The van der Waals surface area contributed by atoms with Gasteiger partial charge in [-0.05, 0) is 49.1 Å². The predicted molar refractivity (Wildman–Crippen MR) is 111 cm³/mol. The van der Waals surface area contributed by atoms with Gasteiger partial charge in [-0.25, -0.2) is 9.97 Å². The zero-order chi connectivity index (χ0) is 19.1. The number of hydrogen-bond donors (Lipinski definition) is 1. The van der Waals surface area contributed by atoms with Crippen LogP contribution in [0.15, 0.2) is 24.7 Å². The molecule has 0 aliphatic carbocycles. The van der Waals surface area contributed by atoms with Gasteiger partial charge in [0.1, 0.15) is 5.00 Å². The van der Waals surface area contributed by atoms with Crippen molar-refractivity contribution in [3.8, 4) is 0 Å². The normalized spacial score (nSPS) is 16.6. The molecule has 1 N–H and O–H groups in total. The fourth-order valence-corrected chi connectivity index (χ4v) is 4.67. The van der Waals surface area contributed by atoms with Crippen LogP contribution in [0.4, 0.5) is 16.6 Å². The molecule has 7 nitrogen and oxygen atoms in total. The molecule has 0 amide bonds. The SMILES string of the molecule is Cc1cnsc1N1CCc2cnc(Nc3cnc4c(c3)CN(C)CC4)nc2C1. The lowest BCUT2D eigenvalue weighted by atomic mass is 10.1. The largest absolute Gasteiger partial charge is 0.356 e. The van der Waals surface area contributed by atoms with E-state index in [0.717, 1.165) is 50.4 Å². The summed E-state index contributed by atoms with van der Waals surface area (Å²) in [5.74, 6) is 0.632. The lowest BCUT2D eigenvalue weighted by Crippen LogP contribution is -2.31. The van der Waals surface area contributed by atoms with Crippen molar-refractivity contribution in [3.05, 3.63) is 52.7 Å². The fraction of sp³-hybridized carbons (Fsp3) is 0.400. The Morgan fingerprint density at radius 3 is 2.79 bits per heavy atom. The molecule has 2 aliphatic heterocycles. The Labute approximate surface area is 168 Å². The third kappa shape index (κ3) is 3.33. The van der Waals surface area contributed by atoms with Crippen molar-refractivity contribution < 1.29 is 0 Å². The van der Waals surface area contributed by atoms with Crippen molar-refractivity contribution in [2.24, 2.45) is 0 Å². The molecular formula is C20H23N7S. The molecule has 5 heterocycles. The van der Waals surface area contributed by atoms with Gasteiger partial charge in [-0.2, -0.15) is 4.37 Å². The molecule has 144 valence electrons. The fourth-order valence-electron chi connectivity index (χ4n) is 3.89. The van der Waals surface area contributed by atoms with Crippen molar-refractivity contribution >= 4 is 28.2 Å². The zero-order valence-electron chi connectivity index (χ0n) is 16.1. The quantitative estimate of drug-likeness (QED) is 0.734. The Bertz CT molecular complexity index is 1020. The minimum absolute atomic E-state index is 0.632. The molecule has 3 aromatic rings. The van der Waals surface area contributed by atoms with Gasteiger partial charge >= 0.3 is 0 Å². The number of rotatable bonds is 3. The molecule has 0 unspecified atom stereocenters. The maximum Gasteiger partial charge on any atom is 0.227 e. The Hall–Kier alpha value is -2.58. The predicted octanol–water partition coefficient (Wildman–Crippen LogP) is 2.93. The Kier molecular flexibility index (Phi) is 4.44. The van der Waals surface area contributed by atoms with E-state index < -0.39 is 0 Å². The second-order valence-electron chi connectivity index (χ2n) is 7.59. The van der Waals surface area contributed by atoms with Crippen LogP contribution < -0.4 is 10.2 Å². The number of nitrogens with zero attached hydrogens (tertiary/aromatic N) is 6. The second-order valence-corrected chi connectivity index (χ2v) is 8.37. The second kappa shape index (κ2) is 7.10. The lowest BCUT2D eigenvalue weighted by molar-refractivity contribution is 0.310. The van der Waals surface area contributed by atoms with Crippen LogP contribution in [-0.2, 0) is 25.9 Å². The van der Waals surface area contributed by atoms with Gasteiger partial charge in [-0.1, -0.05) is 0 Å². The number of fused-ring (bicyclic) bond motifs is 2. The number of aryl methyl sites for hydroxylation is 1. The molecule has 0 fully saturated rings. The van der Waals surface area contributed by atoms with E-state index in [1.54, 1.807) is 11.5 Å². The number of likely N-dealkylation sites (N-methyl/N-ethyl adjacent to an activating group) is 1. The Morgan fingerprint density at radius 2 is 1.93 bits per heavy atom. The summed E-state index contributed by atoms with van der Waals surface area (Å²) >= 11 is 1.56. The highest BCUT2D eigenvalue weighted by molar-refractivity contribution is 7.10. The highest BCUT2D eigenvalue weighted by Crippen LogP contribution is 2.30. The first-order valence-corrected chi connectivity index (χ1v) is 10.4. The van der Waals surface area contributed by atoms with Crippen LogP contribution in [0.25, 0.3) is 0 Å². The monoisotopic (exact) mass is 393 g/mol. The molecule has 2 aliphatic rings. The van der Waals surface area contributed by atoms with E-state index in [-0.39, 0.29) is 0 Å². The molecule has 0 saturated heterocycles. The summed E-state index contributed by atoms with van der Waals surface area (Å²) < 4.78 is 4.31. The molecule has 0 bridgehead atoms. The molecule has 5 rings (SSSR count). The van der Waals surface area contributed by atoms with E-state index in [1.807, 2.05) is 18.6 Å². The van der Waals surface area contributed by atoms with E-state index in [2.05, 4.69) is 49.5 Å². The van der Waals surface area contributed by atoms with Gasteiger partial charge < -0.3 is 15.1 Å². The van der Waals surface area contributed by atoms with Crippen LogP contribution in [0.1, 0.15) is 28.1 Å². The van der Waals surface area contributed by atoms with E-state index in [4.69, 9.17) is 4.98 Å². The highest BCUT2D eigenvalue weighted by Gasteiger charge is 2.21. The van der Waals surface area contributed by atoms with Gasteiger partial charge in [0.25, 0.3) is 0 Å². The van der Waals surface area contributed by atoms with Crippen LogP contribution in [-0.4, -0.2) is 44.4 Å². The van der Waals surface area contributed by atoms with Crippen molar-refractivity contribution in [1.82, 2.24) is 24.2 Å². The van der Waals surface area contributed by atoms with Gasteiger partial charge in [0, 0.05) is 49.7 Å². The molecule has 0 atom stereocenters. The van der Waals surface area contributed by atoms with E-state index >= 15 is 0 Å². The van der Waals surface area contributed by atoms with Crippen molar-refractivity contribution in [1.29, 1.82) is 0 Å². The van der Waals surface area contributed by atoms with Crippen LogP contribution >= 0.6 is 11.5 Å². The van der Waals surface area contributed by atoms with Crippen LogP contribution in [0.5, 0.6) is 0 Å². The van der Waals surface area contributed by atoms with Crippen LogP contribution in [0.3, 0.4) is 0 Å². The summed E-state index contributed by atoms with van der Waals surface area (Å²) in [6, 6.07) is 2.17. The highest BCUT2D eigenvalue weighted by atomic mass is 32.1. The first kappa shape index (κ1) is 17.5. The van der Waals surface area contributed by atoms with E-state index in [0.29, 0.717) is 5.95 Å². The number of hydrogen-bond acceptors (Lipinski definition) is 8. The van der Waals surface area contributed by atoms with Gasteiger partial charge in [0.2, 0.25) is 5.95 Å². The summed E-state index contributed by atoms with van der Waals surface area (Å²) in [5.41, 5.74) is 6.97. The van der Waals surface area contributed by atoms with Crippen molar-refractivity contribution in [3.63, 3.8) is 0 Å². The zero-order valence-corrected chi connectivity index (χ0v) is 17.0. The first-order valence-electron chi connectivity index (χ1n) is 9.60. The smallest absolute Gasteiger partial charge is 0.227 e. The summed E-state index contributed by atoms with van der Waals surface area (Å²) in [4.78, 5) is 18.7. The van der Waals surface area contributed by atoms with Crippen LogP contribution in [0, 0.1) is 6.92 Å². The number of pyridine rings is 1. The molecule has 0 saturated carbocycles. The van der Waals surface area contributed by atoms with Gasteiger partial charge in [0.05, 0.1) is 24.1 Å². The van der Waals surface area contributed by atoms with E-state index in [9.17, 15) is 0 Å². The molecule has 0 aromatic carbocycles. The van der Waals surface area contributed by atoms with Crippen LogP contribution in [0.2, 0.25) is 0 Å². The summed E-state index contributed by atoms with van der Waals surface area (Å²) in [5, 5.41) is 4.59. The molecule has 0 spiro atoms. The van der Waals surface area contributed by atoms with Crippen molar-refractivity contribution in [2.45, 2.75) is 32.9 Å². The van der Waals surface area contributed by atoms with Gasteiger partial charge in [-0.3, -0.25) is 4.98 Å². The minimum Gasteiger partial charge on any atom is -0.356 e. The van der Waals surface area contributed by atoms with E-state index in [1.165, 1.54) is 27.4 Å². The first-order chi connectivity index (χ1) is 13.7. The summed E-state index contributed by atoms with van der Waals surface area (Å²) in [6.07, 6.45) is 7.75. The van der Waals surface area contributed by atoms with Gasteiger partial charge in [-0.15, -0.1) is 0 Å². The van der Waals surface area contributed by atoms with Crippen molar-refractivity contribution in [2.75, 3.05) is 30.4 Å². The topological polar surface area (TPSA) is 70.1 Å². The molecule has 0 radical (unpaired) electrons. The van der Waals surface area contributed by atoms with Gasteiger partial charge in [0.15, 0.2) is 0 Å². The standard InChI is InChI=1S/C20H23N7S/c1-13-8-23-28-19(13)27-6-3-14-9-22-20(25-18(14)12-27)24-16-7-15-11-26(2)5-4-17(15)21-10-16/h7-10H,3-6,11-12H2,1-2H3,(H,22,24,25). The average Bonchev–Trinajstić information content (AvgIpc) is 3.13. The number of nitrogens with one attached hydrogen (secondary N) is 1. The third-order valence-corrected chi connectivity index (χ3v) is 6.41. The number of anilines is 3. The number of aromatic nitrogens is 4. The summed E-state index contributed by atoms with van der Waals surface area (Å²) in [7, 11) is 2.15. The lowest BCUT2D eigenvalue weighted by Gasteiger charge is -2.29. The maximum atomic E-state index is 4.81. The summed E-state index contributed by atoms with van der Waals surface area (Å²) in [6.45, 7) is 5.89.